The lowest BCUT2D eigenvalue weighted by Crippen LogP contribution is -2.35. The number of benzene rings is 1. The molecule has 0 bridgehead atoms. The zero-order valence-corrected chi connectivity index (χ0v) is 13.2. The Bertz CT molecular complexity index is 710. The number of rotatable bonds is 7. The van der Waals surface area contributed by atoms with Crippen molar-refractivity contribution in [2.45, 2.75) is 19.9 Å². The average molecular weight is 336 g/mol. The molecule has 2 amide bonds. The quantitative estimate of drug-likeness (QED) is 0.751. The van der Waals surface area contributed by atoms with Gasteiger partial charge < -0.3 is 10.6 Å². The van der Waals surface area contributed by atoms with Crippen molar-refractivity contribution in [2.75, 3.05) is 13.1 Å². The van der Waals surface area contributed by atoms with Crippen molar-refractivity contribution in [1.82, 2.24) is 20.4 Å². The molecule has 0 aliphatic heterocycles. The number of hydrogen-bond donors (Lipinski definition) is 2. The van der Waals surface area contributed by atoms with Gasteiger partial charge in [0.2, 0.25) is 5.91 Å². The lowest BCUT2D eigenvalue weighted by Gasteiger charge is -2.08. The number of aromatic nitrogens is 2. The van der Waals surface area contributed by atoms with Crippen LogP contribution in [0, 0.1) is 18.6 Å². The molecule has 1 heterocycles. The topological polar surface area (TPSA) is 76.0 Å². The fourth-order valence-corrected chi connectivity index (χ4v) is 2.07. The van der Waals surface area contributed by atoms with Gasteiger partial charge in [-0.05, 0) is 24.6 Å². The number of amides is 2. The normalized spacial score (nSPS) is 10.5. The van der Waals surface area contributed by atoms with Crippen LogP contribution in [0.5, 0.6) is 0 Å². The highest BCUT2D eigenvalue weighted by molar-refractivity contribution is 5.94. The van der Waals surface area contributed by atoms with Crippen molar-refractivity contribution in [1.29, 1.82) is 0 Å². The van der Waals surface area contributed by atoms with Gasteiger partial charge in [-0.3, -0.25) is 14.3 Å². The third kappa shape index (κ3) is 4.87. The van der Waals surface area contributed by atoms with Crippen LogP contribution >= 0.6 is 0 Å². The first-order valence-corrected chi connectivity index (χ1v) is 7.45. The molecule has 0 aliphatic rings. The number of aryl methyl sites for hydroxylation is 2. The van der Waals surface area contributed by atoms with Gasteiger partial charge in [-0.25, -0.2) is 8.78 Å². The number of nitrogens with zero attached hydrogens (tertiary/aromatic N) is 2. The van der Waals surface area contributed by atoms with Crippen molar-refractivity contribution < 1.29 is 18.4 Å². The Morgan fingerprint density at radius 2 is 1.83 bits per heavy atom. The first-order valence-electron chi connectivity index (χ1n) is 7.45. The molecular formula is C16H18F2N4O2. The Kier molecular flexibility index (Phi) is 6.00. The predicted molar refractivity (Wildman–Crippen MR) is 83.3 cm³/mol. The van der Waals surface area contributed by atoms with E-state index in [1.807, 2.05) is 13.1 Å². The summed E-state index contributed by atoms with van der Waals surface area (Å²) in [6.07, 6.45) is 3.78. The van der Waals surface area contributed by atoms with E-state index in [2.05, 4.69) is 15.7 Å². The monoisotopic (exact) mass is 336 g/mol. The minimum atomic E-state index is -0.925. The van der Waals surface area contributed by atoms with Gasteiger partial charge in [0.15, 0.2) is 0 Å². The first kappa shape index (κ1) is 17.6. The molecule has 2 aromatic rings. The SMILES string of the molecule is Cc1cnn(CCC(=O)NCCNC(=O)c2c(F)cccc2F)c1. The van der Waals surface area contributed by atoms with E-state index in [-0.39, 0.29) is 25.4 Å². The van der Waals surface area contributed by atoms with Crippen molar-refractivity contribution in [3.63, 3.8) is 0 Å². The second kappa shape index (κ2) is 8.19. The van der Waals surface area contributed by atoms with Crippen LogP contribution in [0.25, 0.3) is 0 Å². The minimum Gasteiger partial charge on any atom is -0.354 e. The molecule has 128 valence electrons. The van der Waals surface area contributed by atoms with Crippen LogP contribution in [0.1, 0.15) is 22.3 Å². The minimum absolute atomic E-state index is 0.0687. The third-order valence-electron chi connectivity index (χ3n) is 3.25. The van der Waals surface area contributed by atoms with Gasteiger partial charge in [-0.1, -0.05) is 6.07 Å². The summed E-state index contributed by atoms with van der Waals surface area (Å²) >= 11 is 0. The Labute approximate surface area is 137 Å². The molecule has 2 rings (SSSR count). The highest BCUT2D eigenvalue weighted by atomic mass is 19.1. The van der Waals surface area contributed by atoms with E-state index in [1.165, 1.54) is 6.07 Å². The molecule has 0 aliphatic carbocycles. The van der Waals surface area contributed by atoms with Crippen LogP contribution in [0.15, 0.2) is 30.6 Å². The molecule has 0 radical (unpaired) electrons. The maximum atomic E-state index is 13.4. The zero-order valence-electron chi connectivity index (χ0n) is 13.2. The van der Waals surface area contributed by atoms with Crippen LogP contribution in [0.4, 0.5) is 8.78 Å². The van der Waals surface area contributed by atoms with Crippen molar-refractivity contribution in [3.8, 4) is 0 Å². The molecule has 6 nitrogen and oxygen atoms in total. The highest BCUT2D eigenvalue weighted by Gasteiger charge is 2.16. The average Bonchev–Trinajstić information content (AvgIpc) is 2.95. The molecule has 0 atom stereocenters. The molecule has 1 aromatic carbocycles. The molecule has 8 heteroatoms. The molecule has 2 N–H and O–H groups in total. The summed E-state index contributed by atoms with van der Waals surface area (Å²) in [5, 5.41) is 9.04. The van der Waals surface area contributed by atoms with Crippen molar-refractivity contribution >= 4 is 11.8 Å². The van der Waals surface area contributed by atoms with Crippen LogP contribution < -0.4 is 10.6 Å². The molecule has 0 unspecified atom stereocenters. The maximum Gasteiger partial charge on any atom is 0.257 e. The van der Waals surface area contributed by atoms with Crippen LogP contribution in [0.3, 0.4) is 0 Å². The van der Waals surface area contributed by atoms with Gasteiger partial charge in [0.05, 0.1) is 6.20 Å². The van der Waals surface area contributed by atoms with Gasteiger partial charge in [0, 0.05) is 32.3 Å². The standard InChI is InChI=1S/C16H18F2N4O2/c1-11-9-21-22(10-11)8-5-14(23)19-6-7-20-16(24)15-12(17)3-2-4-13(15)18/h2-4,9-10H,5-8H2,1H3,(H,19,23)(H,20,24). The van der Waals surface area contributed by atoms with Gasteiger partial charge >= 0.3 is 0 Å². The Hall–Kier alpha value is -2.77. The van der Waals surface area contributed by atoms with Crippen LogP contribution in [-0.2, 0) is 11.3 Å². The number of carbonyl (C=O) groups excluding carboxylic acids is 2. The van der Waals surface area contributed by atoms with Gasteiger partial charge in [0.25, 0.3) is 5.91 Å². The molecule has 1 aromatic heterocycles. The summed E-state index contributed by atoms with van der Waals surface area (Å²) in [5.74, 6) is -2.90. The fraction of sp³-hybridized carbons (Fsp3) is 0.312. The van der Waals surface area contributed by atoms with E-state index in [1.54, 1.807) is 10.9 Å². The number of hydrogen-bond acceptors (Lipinski definition) is 3. The molecule has 0 fully saturated rings. The maximum absolute atomic E-state index is 13.4. The molecule has 24 heavy (non-hydrogen) atoms. The van der Waals surface area contributed by atoms with Crippen LogP contribution in [0.2, 0.25) is 0 Å². The molecule has 0 spiro atoms. The highest BCUT2D eigenvalue weighted by Crippen LogP contribution is 2.11. The summed E-state index contributed by atoms with van der Waals surface area (Å²) in [6.45, 7) is 2.59. The predicted octanol–water partition coefficient (Wildman–Crippen LogP) is 1.41. The van der Waals surface area contributed by atoms with Crippen molar-refractivity contribution in [2.24, 2.45) is 0 Å². The second-order valence-corrected chi connectivity index (χ2v) is 5.23. The van der Waals surface area contributed by atoms with Crippen molar-refractivity contribution in [3.05, 3.63) is 53.4 Å². The summed E-state index contributed by atoms with van der Waals surface area (Å²) in [4.78, 5) is 23.4. The van der Waals surface area contributed by atoms with Gasteiger partial charge in [-0.2, -0.15) is 5.10 Å². The zero-order chi connectivity index (χ0) is 17.5. The lowest BCUT2D eigenvalue weighted by atomic mass is 10.2. The first-order chi connectivity index (χ1) is 11.5. The van der Waals surface area contributed by atoms with E-state index >= 15 is 0 Å². The van der Waals surface area contributed by atoms with E-state index in [0.29, 0.717) is 6.54 Å². The van der Waals surface area contributed by atoms with Crippen LogP contribution in [-0.4, -0.2) is 34.7 Å². The molecular weight excluding hydrogens is 318 g/mol. The number of halogens is 2. The fourth-order valence-electron chi connectivity index (χ4n) is 2.07. The lowest BCUT2D eigenvalue weighted by molar-refractivity contribution is -0.121. The largest absolute Gasteiger partial charge is 0.354 e. The second-order valence-electron chi connectivity index (χ2n) is 5.23. The molecule has 0 saturated carbocycles. The summed E-state index contributed by atoms with van der Waals surface area (Å²) in [6, 6.07) is 3.20. The van der Waals surface area contributed by atoms with E-state index < -0.39 is 23.1 Å². The Balaban J connectivity index is 1.69. The summed E-state index contributed by atoms with van der Waals surface area (Å²) in [5.41, 5.74) is 0.386. The third-order valence-corrected chi connectivity index (χ3v) is 3.25. The number of nitrogens with one attached hydrogen (secondary N) is 2. The smallest absolute Gasteiger partial charge is 0.257 e. The van der Waals surface area contributed by atoms with Gasteiger partial charge in [0.1, 0.15) is 17.2 Å². The van der Waals surface area contributed by atoms with E-state index in [0.717, 1.165) is 17.7 Å². The van der Waals surface area contributed by atoms with E-state index in [9.17, 15) is 18.4 Å². The summed E-state index contributed by atoms with van der Waals surface area (Å²) in [7, 11) is 0. The molecule has 0 saturated heterocycles. The summed E-state index contributed by atoms with van der Waals surface area (Å²) < 4.78 is 28.5. The number of carbonyl (C=O) groups is 2. The van der Waals surface area contributed by atoms with Gasteiger partial charge in [-0.15, -0.1) is 0 Å². The Morgan fingerprint density at radius 3 is 2.46 bits per heavy atom. The van der Waals surface area contributed by atoms with E-state index in [4.69, 9.17) is 0 Å². The Morgan fingerprint density at radius 1 is 1.17 bits per heavy atom.